The van der Waals surface area contributed by atoms with E-state index in [0.29, 0.717) is 31.8 Å². The number of amides is 3. The van der Waals surface area contributed by atoms with E-state index in [1.54, 1.807) is 4.90 Å². The molecule has 0 aromatic heterocycles. The first-order chi connectivity index (χ1) is 11.0. The van der Waals surface area contributed by atoms with Gasteiger partial charge in [0.15, 0.2) is 0 Å². The van der Waals surface area contributed by atoms with Gasteiger partial charge in [0.05, 0.1) is 6.07 Å². The maximum absolute atomic E-state index is 12.1. The first kappa shape index (κ1) is 19.3. The standard InChI is InChI=1S/C17H30N4O2/c1-4-6-15(10-18)20-16(22)9-14-7-5-8-21(12-14)17(23)19-11-13(2)3/h13-15H,4-9,11-12H2,1-3H3,(H,19,23)(H,20,22). The van der Waals surface area contributed by atoms with Crippen LogP contribution in [0.4, 0.5) is 4.79 Å². The minimum atomic E-state index is -0.401. The third-order valence-electron chi connectivity index (χ3n) is 4.01. The molecule has 1 fully saturated rings. The van der Waals surface area contributed by atoms with Crippen molar-refractivity contribution in [2.75, 3.05) is 19.6 Å². The summed E-state index contributed by atoms with van der Waals surface area (Å²) in [7, 11) is 0. The number of carbonyl (C=O) groups excluding carboxylic acids is 2. The highest BCUT2D eigenvalue weighted by Crippen LogP contribution is 2.19. The maximum Gasteiger partial charge on any atom is 0.317 e. The third kappa shape index (κ3) is 7.36. The van der Waals surface area contributed by atoms with Gasteiger partial charge in [0.1, 0.15) is 6.04 Å². The van der Waals surface area contributed by atoms with Crippen molar-refractivity contribution in [2.45, 2.75) is 58.9 Å². The third-order valence-corrected chi connectivity index (χ3v) is 4.01. The molecule has 0 spiro atoms. The number of carbonyl (C=O) groups is 2. The average molecular weight is 322 g/mol. The molecule has 2 unspecified atom stereocenters. The second-order valence-electron chi connectivity index (χ2n) is 6.78. The van der Waals surface area contributed by atoms with E-state index in [-0.39, 0.29) is 17.9 Å². The van der Waals surface area contributed by atoms with E-state index in [4.69, 9.17) is 5.26 Å². The van der Waals surface area contributed by atoms with Gasteiger partial charge in [-0.25, -0.2) is 4.79 Å². The molecule has 23 heavy (non-hydrogen) atoms. The van der Waals surface area contributed by atoms with Crippen LogP contribution in [0.25, 0.3) is 0 Å². The second kappa shape index (κ2) is 10.1. The molecule has 1 saturated heterocycles. The Kier molecular flexibility index (Phi) is 8.46. The van der Waals surface area contributed by atoms with E-state index in [1.165, 1.54) is 0 Å². The van der Waals surface area contributed by atoms with Crippen LogP contribution in [-0.4, -0.2) is 42.5 Å². The Balaban J connectivity index is 2.41. The summed E-state index contributed by atoms with van der Waals surface area (Å²) in [6.45, 7) is 8.14. The molecule has 1 aliphatic rings. The first-order valence-corrected chi connectivity index (χ1v) is 8.68. The molecule has 2 atom stereocenters. The molecule has 1 heterocycles. The van der Waals surface area contributed by atoms with E-state index in [9.17, 15) is 9.59 Å². The summed E-state index contributed by atoms with van der Waals surface area (Å²) in [6.07, 6.45) is 3.80. The first-order valence-electron chi connectivity index (χ1n) is 8.68. The van der Waals surface area contributed by atoms with Crippen LogP contribution in [0.2, 0.25) is 0 Å². The molecule has 0 aromatic rings. The molecule has 2 N–H and O–H groups in total. The van der Waals surface area contributed by atoms with Crippen LogP contribution in [0.15, 0.2) is 0 Å². The molecule has 1 rings (SSSR count). The number of hydrogen-bond donors (Lipinski definition) is 2. The van der Waals surface area contributed by atoms with Gasteiger partial charge < -0.3 is 15.5 Å². The van der Waals surface area contributed by atoms with Crippen molar-refractivity contribution in [3.05, 3.63) is 0 Å². The van der Waals surface area contributed by atoms with Crippen LogP contribution in [-0.2, 0) is 4.79 Å². The summed E-state index contributed by atoms with van der Waals surface area (Å²) < 4.78 is 0. The van der Waals surface area contributed by atoms with Crippen LogP contribution in [0, 0.1) is 23.2 Å². The molecular weight excluding hydrogens is 292 g/mol. The lowest BCUT2D eigenvalue weighted by molar-refractivity contribution is -0.122. The van der Waals surface area contributed by atoms with Gasteiger partial charge in [0.25, 0.3) is 0 Å². The molecule has 0 bridgehead atoms. The van der Waals surface area contributed by atoms with Gasteiger partial charge in [-0.05, 0) is 31.1 Å². The fraction of sp³-hybridized carbons (Fsp3) is 0.824. The highest BCUT2D eigenvalue weighted by atomic mass is 16.2. The molecule has 0 aliphatic carbocycles. The van der Waals surface area contributed by atoms with Crippen molar-refractivity contribution < 1.29 is 9.59 Å². The van der Waals surface area contributed by atoms with E-state index < -0.39 is 6.04 Å². The maximum atomic E-state index is 12.1. The van der Waals surface area contributed by atoms with Crippen LogP contribution in [0.1, 0.15) is 52.9 Å². The lowest BCUT2D eigenvalue weighted by Gasteiger charge is -2.32. The number of rotatable bonds is 7. The Morgan fingerprint density at radius 3 is 2.74 bits per heavy atom. The lowest BCUT2D eigenvalue weighted by Crippen LogP contribution is -2.47. The van der Waals surface area contributed by atoms with Gasteiger partial charge in [-0.1, -0.05) is 27.2 Å². The Morgan fingerprint density at radius 2 is 2.13 bits per heavy atom. The van der Waals surface area contributed by atoms with Crippen molar-refractivity contribution in [2.24, 2.45) is 11.8 Å². The summed E-state index contributed by atoms with van der Waals surface area (Å²) in [4.78, 5) is 26.0. The fourth-order valence-corrected chi connectivity index (χ4v) is 2.79. The molecular formula is C17H30N4O2. The van der Waals surface area contributed by atoms with Crippen molar-refractivity contribution in [1.82, 2.24) is 15.5 Å². The SMILES string of the molecule is CCCC(C#N)NC(=O)CC1CCCN(C(=O)NCC(C)C)C1. The van der Waals surface area contributed by atoms with Crippen LogP contribution in [0.3, 0.4) is 0 Å². The van der Waals surface area contributed by atoms with Gasteiger partial charge in [0.2, 0.25) is 5.91 Å². The second-order valence-corrected chi connectivity index (χ2v) is 6.78. The van der Waals surface area contributed by atoms with Crippen LogP contribution in [0.5, 0.6) is 0 Å². The van der Waals surface area contributed by atoms with Gasteiger partial charge in [-0.2, -0.15) is 5.26 Å². The summed E-state index contributed by atoms with van der Waals surface area (Å²) in [5.41, 5.74) is 0. The summed E-state index contributed by atoms with van der Waals surface area (Å²) >= 11 is 0. The molecule has 0 saturated carbocycles. The normalized spacial score (nSPS) is 19.1. The predicted molar refractivity (Wildman–Crippen MR) is 89.6 cm³/mol. The van der Waals surface area contributed by atoms with Gasteiger partial charge in [-0.3, -0.25) is 4.79 Å². The van der Waals surface area contributed by atoms with Crippen molar-refractivity contribution in [3.63, 3.8) is 0 Å². The zero-order chi connectivity index (χ0) is 17.2. The Bertz CT molecular complexity index is 431. The fourth-order valence-electron chi connectivity index (χ4n) is 2.79. The van der Waals surface area contributed by atoms with E-state index in [2.05, 4.69) is 30.6 Å². The smallest absolute Gasteiger partial charge is 0.317 e. The number of piperidine rings is 1. The zero-order valence-corrected chi connectivity index (χ0v) is 14.6. The van der Waals surface area contributed by atoms with Crippen LogP contribution >= 0.6 is 0 Å². The van der Waals surface area contributed by atoms with E-state index in [0.717, 1.165) is 25.8 Å². The minimum absolute atomic E-state index is 0.0373. The highest BCUT2D eigenvalue weighted by Gasteiger charge is 2.25. The Morgan fingerprint density at radius 1 is 1.39 bits per heavy atom. The number of hydrogen-bond acceptors (Lipinski definition) is 3. The summed E-state index contributed by atoms with van der Waals surface area (Å²) in [6, 6.07) is 1.68. The van der Waals surface area contributed by atoms with Gasteiger partial charge >= 0.3 is 6.03 Å². The quantitative estimate of drug-likeness (QED) is 0.754. The van der Waals surface area contributed by atoms with Crippen molar-refractivity contribution >= 4 is 11.9 Å². The molecule has 6 heteroatoms. The highest BCUT2D eigenvalue weighted by molar-refractivity contribution is 5.77. The molecule has 1 aliphatic heterocycles. The minimum Gasteiger partial charge on any atom is -0.340 e. The van der Waals surface area contributed by atoms with E-state index in [1.807, 2.05) is 6.92 Å². The van der Waals surface area contributed by atoms with Crippen molar-refractivity contribution in [1.29, 1.82) is 5.26 Å². The number of nitrogens with one attached hydrogen (secondary N) is 2. The molecule has 3 amide bonds. The molecule has 0 radical (unpaired) electrons. The van der Waals surface area contributed by atoms with Gasteiger partial charge in [0, 0.05) is 26.1 Å². The number of likely N-dealkylation sites (tertiary alicyclic amines) is 1. The largest absolute Gasteiger partial charge is 0.340 e. The Hall–Kier alpha value is -1.77. The molecule has 130 valence electrons. The van der Waals surface area contributed by atoms with Crippen molar-refractivity contribution in [3.8, 4) is 6.07 Å². The number of nitriles is 1. The predicted octanol–water partition coefficient (Wildman–Crippen LogP) is 2.26. The average Bonchev–Trinajstić information content (AvgIpc) is 2.52. The monoisotopic (exact) mass is 322 g/mol. The number of urea groups is 1. The summed E-state index contributed by atoms with van der Waals surface area (Å²) in [5.74, 6) is 0.515. The Labute approximate surface area is 139 Å². The topological polar surface area (TPSA) is 85.2 Å². The summed E-state index contributed by atoms with van der Waals surface area (Å²) in [5, 5.41) is 14.7. The van der Waals surface area contributed by atoms with Crippen LogP contribution < -0.4 is 10.6 Å². The molecule has 6 nitrogen and oxygen atoms in total. The molecule has 0 aromatic carbocycles. The van der Waals surface area contributed by atoms with E-state index >= 15 is 0 Å². The number of nitrogens with zero attached hydrogens (tertiary/aromatic N) is 2. The zero-order valence-electron chi connectivity index (χ0n) is 14.6. The van der Waals surface area contributed by atoms with Gasteiger partial charge in [-0.15, -0.1) is 0 Å². The lowest BCUT2D eigenvalue weighted by atomic mass is 9.94.